The molecule has 0 radical (unpaired) electrons. The molecule has 3 aromatic rings. The number of aromatic carboxylic acids is 1. The summed E-state index contributed by atoms with van der Waals surface area (Å²) in [6.45, 7) is 5.27. The molecule has 1 amide bonds. The van der Waals surface area contributed by atoms with Gasteiger partial charge in [-0.3, -0.25) is 14.2 Å². The van der Waals surface area contributed by atoms with Crippen molar-refractivity contribution < 1.29 is 19.4 Å². The van der Waals surface area contributed by atoms with E-state index >= 15 is 0 Å². The highest BCUT2D eigenvalue weighted by Crippen LogP contribution is 2.28. The lowest BCUT2D eigenvalue weighted by Crippen LogP contribution is -2.35. The lowest BCUT2D eigenvalue weighted by molar-refractivity contribution is -0.118. The van der Waals surface area contributed by atoms with Gasteiger partial charge in [0.25, 0.3) is 5.56 Å². The first-order valence-corrected chi connectivity index (χ1v) is 10.3. The predicted octanol–water partition coefficient (Wildman–Crippen LogP) is 4.14. The third-order valence-electron chi connectivity index (χ3n) is 4.60. The third kappa shape index (κ3) is 3.90. The van der Waals surface area contributed by atoms with Crippen LogP contribution in [0.1, 0.15) is 48.9 Å². The number of carbonyl (C=O) groups is 2. The number of rotatable bonds is 6. The number of ether oxygens (including phenoxy) is 1. The largest absolute Gasteiger partial charge is 0.495 e. The minimum Gasteiger partial charge on any atom is -0.495 e. The fourth-order valence-electron chi connectivity index (χ4n) is 3.07. The summed E-state index contributed by atoms with van der Waals surface area (Å²) in [7, 11) is 1.49. The standard InChI is InChI=1S/C20H20ClN3O5S/c1-9(2)16-23-18-15(12(8-30-18)20(27)28)19(26)24(16)10(3)17(25)22-11-5-6-14(29-4)13(21)7-11/h5-10H,1-4H3,(H,22,25)(H,27,28). The summed E-state index contributed by atoms with van der Waals surface area (Å²) in [4.78, 5) is 42.5. The Kier molecular flexibility index (Phi) is 6.14. The maximum Gasteiger partial charge on any atom is 0.337 e. The minimum absolute atomic E-state index is 0.00374. The Hall–Kier alpha value is -2.91. The van der Waals surface area contributed by atoms with Crippen LogP contribution in [0.25, 0.3) is 10.2 Å². The summed E-state index contributed by atoms with van der Waals surface area (Å²) in [5, 5.41) is 13.9. The first-order valence-electron chi connectivity index (χ1n) is 9.07. The van der Waals surface area contributed by atoms with Gasteiger partial charge in [-0.2, -0.15) is 0 Å². The van der Waals surface area contributed by atoms with Gasteiger partial charge in [-0.1, -0.05) is 25.4 Å². The number of methoxy groups -OCH3 is 1. The van der Waals surface area contributed by atoms with E-state index in [1.54, 1.807) is 25.1 Å². The van der Waals surface area contributed by atoms with Crippen molar-refractivity contribution in [3.63, 3.8) is 0 Å². The Balaban J connectivity index is 2.06. The molecule has 2 aromatic heterocycles. The van der Waals surface area contributed by atoms with E-state index < -0.39 is 23.5 Å². The second kappa shape index (κ2) is 8.45. The summed E-state index contributed by atoms with van der Waals surface area (Å²) in [6.07, 6.45) is 0. The summed E-state index contributed by atoms with van der Waals surface area (Å²) in [6, 6.07) is 3.85. The molecule has 1 aromatic carbocycles. The number of anilines is 1. The van der Waals surface area contributed by atoms with Gasteiger partial charge >= 0.3 is 5.97 Å². The Labute approximate surface area is 181 Å². The minimum atomic E-state index is -1.21. The predicted molar refractivity (Wildman–Crippen MR) is 116 cm³/mol. The van der Waals surface area contributed by atoms with Crippen LogP contribution >= 0.6 is 22.9 Å². The van der Waals surface area contributed by atoms with Crippen molar-refractivity contribution in [2.45, 2.75) is 32.7 Å². The molecular formula is C20H20ClN3O5S. The zero-order valence-electron chi connectivity index (χ0n) is 16.7. The van der Waals surface area contributed by atoms with E-state index in [-0.39, 0.29) is 16.9 Å². The highest BCUT2D eigenvalue weighted by Gasteiger charge is 2.26. The van der Waals surface area contributed by atoms with E-state index in [9.17, 15) is 19.5 Å². The number of halogens is 1. The Morgan fingerprint density at radius 1 is 1.30 bits per heavy atom. The second-order valence-corrected chi connectivity index (χ2v) is 8.21. The number of nitrogens with one attached hydrogen (secondary N) is 1. The molecule has 1 unspecified atom stereocenters. The molecule has 0 aliphatic carbocycles. The van der Waals surface area contributed by atoms with Crippen LogP contribution in [0.15, 0.2) is 28.4 Å². The van der Waals surface area contributed by atoms with Crippen LogP contribution in [0.5, 0.6) is 5.75 Å². The molecule has 0 saturated heterocycles. The summed E-state index contributed by atoms with van der Waals surface area (Å²) < 4.78 is 6.35. The lowest BCUT2D eigenvalue weighted by atomic mass is 10.1. The van der Waals surface area contributed by atoms with Gasteiger partial charge < -0.3 is 15.2 Å². The van der Waals surface area contributed by atoms with Gasteiger partial charge in [0.2, 0.25) is 5.91 Å². The zero-order chi connectivity index (χ0) is 22.2. The quantitative estimate of drug-likeness (QED) is 0.585. The fraction of sp³-hybridized carbons (Fsp3) is 0.300. The number of hydrogen-bond acceptors (Lipinski definition) is 6. The Bertz CT molecular complexity index is 1200. The normalized spacial score (nSPS) is 12.2. The molecule has 3 rings (SSSR count). The molecular weight excluding hydrogens is 430 g/mol. The van der Waals surface area contributed by atoms with Crippen LogP contribution in [0.4, 0.5) is 5.69 Å². The van der Waals surface area contributed by atoms with Crippen molar-refractivity contribution in [2.75, 3.05) is 12.4 Å². The number of benzene rings is 1. The number of thiophene rings is 1. The number of hydrogen-bond donors (Lipinski definition) is 2. The highest BCUT2D eigenvalue weighted by molar-refractivity contribution is 7.17. The molecule has 0 saturated carbocycles. The van der Waals surface area contributed by atoms with E-state index in [1.165, 1.54) is 17.1 Å². The molecule has 0 bridgehead atoms. The van der Waals surface area contributed by atoms with Crippen molar-refractivity contribution in [1.82, 2.24) is 9.55 Å². The molecule has 158 valence electrons. The summed E-state index contributed by atoms with van der Waals surface area (Å²) in [5.41, 5.74) is -0.239. The average Bonchev–Trinajstić information content (AvgIpc) is 3.12. The van der Waals surface area contributed by atoms with Gasteiger partial charge in [0.05, 0.1) is 23.1 Å². The van der Waals surface area contributed by atoms with Crippen LogP contribution in [0.3, 0.4) is 0 Å². The number of amides is 1. The number of carboxylic acid groups (broad SMARTS) is 1. The fourth-order valence-corrected chi connectivity index (χ4v) is 4.23. The number of aromatic nitrogens is 2. The molecule has 30 heavy (non-hydrogen) atoms. The van der Waals surface area contributed by atoms with Crippen LogP contribution in [0, 0.1) is 0 Å². The van der Waals surface area contributed by atoms with Gasteiger partial charge in [-0.25, -0.2) is 9.78 Å². The summed E-state index contributed by atoms with van der Waals surface area (Å²) in [5.74, 6) is -0.971. The lowest BCUT2D eigenvalue weighted by Gasteiger charge is -2.21. The SMILES string of the molecule is COc1ccc(NC(=O)C(C)n2c(C(C)C)nc3scc(C(=O)O)c3c2=O)cc1Cl. The molecule has 10 heteroatoms. The molecule has 1 atom stereocenters. The molecule has 0 spiro atoms. The molecule has 2 N–H and O–H groups in total. The van der Waals surface area contributed by atoms with Crippen molar-refractivity contribution in [1.29, 1.82) is 0 Å². The Morgan fingerprint density at radius 2 is 2.00 bits per heavy atom. The van der Waals surface area contributed by atoms with Gasteiger partial charge in [-0.05, 0) is 25.1 Å². The number of carbonyl (C=O) groups excluding carboxylic acids is 1. The van der Waals surface area contributed by atoms with E-state index in [0.717, 1.165) is 11.3 Å². The summed E-state index contributed by atoms with van der Waals surface area (Å²) >= 11 is 7.20. The van der Waals surface area contributed by atoms with Gasteiger partial charge in [0.1, 0.15) is 22.4 Å². The Morgan fingerprint density at radius 3 is 2.57 bits per heavy atom. The molecule has 8 nitrogen and oxygen atoms in total. The van der Waals surface area contributed by atoms with Crippen LogP contribution in [0.2, 0.25) is 5.02 Å². The van der Waals surface area contributed by atoms with Crippen molar-refractivity contribution >= 4 is 50.7 Å². The van der Waals surface area contributed by atoms with Crippen molar-refractivity contribution in [3.8, 4) is 5.75 Å². The van der Waals surface area contributed by atoms with E-state index in [1.807, 2.05) is 13.8 Å². The molecule has 0 aliphatic heterocycles. The highest BCUT2D eigenvalue weighted by atomic mass is 35.5. The molecule has 0 aliphatic rings. The van der Waals surface area contributed by atoms with Crippen LogP contribution in [-0.4, -0.2) is 33.6 Å². The topological polar surface area (TPSA) is 111 Å². The van der Waals surface area contributed by atoms with Crippen molar-refractivity contribution in [3.05, 3.63) is 50.3 Å². The van der Waals surface area contributed by atoms with E-state index in [2.05, 4.69) is 10.3 Å². The number of carboxylic acids is 1. The zero-order valence-corrected chi connectivity index (χ0v) is 18.3. The maximum atomic E-state index is 13.2. The molecule has 2 heterocycles. The smallest absolute Gasteiger partial charge is 0.337 e. The monoisotopic (exact) mass is 449 g/mol. The molecule has 0 fully saturated rings. The van der Waals surface area contributed by atoms with Crippen LogP contribution < -0.4 is 15.6 Å². The number of nitrogens with zero attached hydrogens (tertiary/aromatic N) is 2. The third-order valence-corrected chi connectivity index (χ3v) is 5.77. The van der Waals surface area contributed by atoms with Gasteiger partial charge in [-0.15, -0.1) is 11.3 Å². The first-order chi connectivity index (χ1) is 14.1. The van der Waals surface area contributed by atoms with E-state index in [0.29, 0.717) is 27.1 Å². The van der Waals surface area contributed by atoms with Gasteiger partial charge in [0, 0.05) is 17.0 Å². The maximum absolute atomic E-state index is 13.2. The van der Waals surface area contributed by atoms with Crippen molar-refractivity contribution in [2.24, 2.45) is 0 Å². The second-order valence-electron chi connectivity index (χ2n) is 6.95. The first kappa shape index (κ1) is 21.8. The average molecular weight is 450 g/mol. The number of fused-ring (bicyclic) bond motifs is 1. The van der Waals surface area contributed by atoms with Gasteiger partial charge in [0.15, 0.2) is 0 Å². The van der Waals surface area contributed by atoms with Crippen LogP contribution in [-0.2, 0) is 4.79 Å². The van der Waals surface area contributed by atoms with E-state index in [4.69, 9.17) is 16.3 Å².